The average molecular weight is 263 g/mol. The van der Waals surface area contributed by atoms with Gasteiger partial charge in [-0.3, -0.25) is 9.69 Å². The van der Waals surface area contributed by atoms with Gasteiger partial charge in [0.05, 0.1) is 19.8 Å². The van der Waals surface area contributed by atoms with E-state index in [9.17, 15) is 4.79 Å². The van der Waals surface area contributed by atoms with E-state index in [4.69, 9.17) is 9.47 Å². The second-order valence-corrected chi connectivity index (χ2v) is 5.29. The summed E-state index contributed by atoms with van der Waals surface area (Å²) in [5.74, 6) is -0.237. The Labute approximate surface area is 114 Å². The highest BCUT2D eigenvalue weighted by molar-refractivity contribution is 5.75. The van der Waals surface area contributed by atoms with Crippen LogP contribution >= 0.6 is 0 Å². The van der Waals surface area contributed by atoms with Crippen molar-refractivity contribution in [2.24, 2.45) is 0 Å². The van der Waals surface area contributed by atoms with Crippen LogP contribution in [0.5, 0.6) is 0 Å². The van der Waals surface area contributed by atoms with Gasteiger partial charge in [0.2, 0.25) is 0 Å². The van der Waals surface area contributed by atoms with Crippen LogP contribution in [0.15, 0.2) is 30.3 Å². The molecule has 2 rings (SSSR count). The van der Waals surface area contributed by atoms with E-state index in [-0.39, 0.29) is 18.1 Å². The number of hydrogen-bond donors (Lipinski definition) is 0. The molecule has 0 aliphatic carbocycles. The monoisotopic (exact) mass is 263 g/mol. The maximum atomic E-state index is 11.8. The lowest BCUT2D eigenvalue weighted by atomic mass is 10.0. The SMILES string of the molecule is COC(=O)[C@H](C)N1[C@@H](c2ccccc2)COC1(C)C. The minimum Gasteiger partial charge on any atom is -0.468 e. The highest BCUT2D eigenvalue weighted by atomic mass is 16.5. The minimum absolute atomic E-state index is 0.0744. The minimum atomic E-state index is -0.478. The lowest BCUT2D eigenvalue weighted by Gasteiger charge is -2.37. The summed E-state index contributed by atoms with van der Waals surface area (Å²) in [5.41, 5.74) is 0.678. The predicted molar refractivity (Wildman–Crippen MR) is 72.5 cm³/mol. The van der Waals surface area contributed by atoms with E-state index in [0.29, 0.717) is 6.61 Å². The number of carbonyl (C=O) groups is 1. The second kappa shape index (κ2) is 5.31. The quantitative estimate of drug-likeness (QED) is 0.785. The van der Waals surface area contributed by atoms with Crippen LogP contribution in [0.1, 0.15) is 32.4 Å². The van der Waals surface area contributed by atoms with Crippen LogP contribution in [-0.2, 0) is 14.3 Å². The van der Waals surface area contributed by atoms with Gasteiger partial charge in [-0.2, -0.15) is 0 Å². The highest BCUT2D eigenvalue weighted by Gasteiger charge is 2.46. The first-order valence-corrected chi connectivity index (χ1v) is 6.52. The zero-order chi connectivity index (χ0) is 14.0. The lowest BCUT2D eigenvalue weighted by Crippen LogP contribution is -2.49. The smallest absolute Gasteiger partial charge is 0.322 e. The first-order valence-electron chi connectivity index (χ1n) is 6.52. The maximum Gasteiger partial charge on any atom is 0.322 e. The Morgan fingerprint density at radius 2 is 2.05 bits per heavy atom. The van der Waals surface area contributed by atoms with E-state index in [0.717, 1.165) is 5.56 Å². The van der Waals surface area contributed by atoms with Crippen molar-refractivity contribution in [3.63, 3.8) is 0 Å². The van der Waals surface area contributed by atoms with Crippen molar-refractivity contribution in [3.8, 4) is 0 Å². The summed E-state index contributed by atoms with van der Waals surface area (Å²) >= 11 is 0. The van der Waals surface area contributed by atoms with Crippen LogP contribution in [0, 0.1) is 0 Å². The van der Waals surface area contributed by atoms with E-state index in [1.807, 2.05) is 39.0 Å². The summed E-state index contributed by atoms with van der Waals surface area (Å²) in [6.07, 6.45) is 0. The van der Waals surface area contributed by atoms with Crippen LogP contribution < -0.4 is 0 Å². The molecule has 0 radical (unpaired) electrons. The van der Waals surface area contributed by atoms with Crippen molar-refractivity contribution >= 4 is 5.97 Å². The predicted octanol–water partition coefficient (Wildman–Crippen LogP) is 2.36. The molecule has 2 atom stereocenters. The van der Waals surface area contributed by atoms with Crippen molar-refractivity contribution in [1.29, 1.82) is 0 Å². The molecule has 0 unspecified atom stereocenters. The van der Waals surface area contributed by atoms with Gasteiger partial charge in [-0.25, -0.2) is 0 Å². The largest absolute Gasteiger partial charge is 0.468 e. The zero-order valence-electron chi connectivity index (χ0n) is 11.9. The van der Waals surface area contributed by atoms with E-state index < -0.39 is 5.72 Å². The van der Waals surface area contributed by atoms with Gasteiger partial charge < -0.3 is 9.47 Å². The number of methoxy groups -OCH3 is 1. The molecule has 1 aromatic carbocycles. The topological polar surface area (TPSA) is 38.8 Å². The number of ether oxygens (including phenoxy) is 2. The summed E-state index contributed by atoms with van der Waals surface area (Å²) in [5, 5.41) is 0. The van der Waals surface area contributed by atoms with Crippen molar-refractivity contribution in [1.82, 2.24) is 4.90 Å². The molecule has 1 saturated heterocycles. The Bertz CT molecular complexity index is 444. The normalized spacial score (nSPS) is 24.1. The van der Waals surface area contributed by atoms with Crippen molar-refractivity contribution in [3.05, 3.63) is 35.9 Å². The molecule has 1 aliphatic rings. The molecule has 4 heteroatoms. The zero-order valence-corrected chi connectivity index (χ0v) is 11.9. The fraction of sp³-hybridized carbons (Fsp3) is 0.533. The van der Waals surface area contributed by atoms with Gasteiger partial charge in [-0.05, 0) is 26.3 Å². The first-order chi connectivity index (χ1) is 8.97. The molecule has 0 saturated carbocycles. The fourth-order valence-electron chi connectivity index (χ4n) is 2.77. The molecule has 0 aromatic heterocycles. The molecule has 0 amide bonds. The second-order valence-electron chi connectivity index (χ2n) is 5.29. The Hall–Kier alpha value is -1.39. The molecule has 4 nitrogen and oxygen atoms in total. The number of esters is 1. The van der Waals surface area contributed by atoms with Crippen LogP contribution in [0.3, 0.4) is 0 Å². The van der Waals surface area contributed by atoms with Crippen LogP contribution in [0.25, 0.3) is 0 Å². The highest BCUT2D eigenvalue weighted by Crippen LogP contribution is 2.38. The van der Waals surface area contributed by atoms with Gasteiger partial charge in [0.25, 0.3) is 0 Å². The molecule has 1 aliphatic heterocycles. The number of hydrogen-bond acceptors (Lipinski definition) is 4. The summed E-state index contributed by atoms with van der Waals surface area (Å²) in [6.45, 7) is 6.40. The molecule has 1 aromatic rings. The Kier molecular flexibility index (Phi) is 3.92. The first kappa shape index (κ1) is 14.0. The van der Waals surface area contributed by atoms with Gasteiger partial charge in [0.1, 0.15) is 11.8 Å². The average Bonchev–Trinajstić information content (AvgIpc) is 2.73. The molecule has 1 heterocycles. The van der Waals surface area contributed by atoms with Gasteiger partial charge in [0, 0.05) is 0 Å². The molecular weight excluding hydrogens is 242 g/mol. The van der Waals surface area contributed by atoms with Gasteiger partial charge >= 0.3 is 5.97 Å². The van der Waals surface area contributed by atoms with Gasteiger partial charge in [-0.15, -0.1) is 0 Å². The number of benzene rings is 1. The van der Waals surface area contributed by atoms with Crippen LogP contribution in [0.2, 0.25) is 0 Å². The molecule has 0 N–H and O–H groups in total. The van der Waals surface area contributed by atoms with Crippen molar-refractivity contribution < 1.29 is 14.3 Å². The third kappa shape index (κ3) is 2.65. The Morgan fingerprint density at radius 1 is 1.42 bits per heavy atom. The summed E-state index contributed by atoms with van der Waals surface area (Å²) in [6, 6.07) is 9.85. The molecule has 19 heavy (non-hydrogen) atoms. The van der Waals surface area contributed by atoms with Crippen molar-refractivity contribution in [2.45, 2.75) is 38.6 Å². The molecular formula is C15H21NO3. The summed E-state index contributed by atoms with van der Waals surface area (Å²) in [4.78, 5) is 13.9. The number of carbonyl (C=O) groups excluding carboxylic acids is 1. The van der Waals surface area contributed by atoms with Crippen LogP contribution in [-0.4, -0.2) is 36.4 Å². The summed E-state index contributed by atoms with van der Waals surface area (Å²) in [7, 11) is 1.42. The molecule has 1 fully saturated rings. The van der Waals surface area contributed by atoms with E-state index in [1.54, 1.807) is 0 Å². The van der Waals surface area contributed by atoms with E-state index >= 15 is 0 Å². The summed E-state index contributed by atoms with van der Waals surface area (Å²) < 4.78 is 10.7. The third-order valence-electron chi connectivity index (χ3n) is 3.70. The fourth-order valence-corrected chi connectivity index (χ4v) is 2.77. The van der Waals surface area contributed by atoms with Crippen molar-refractivity contribution in [2.75, 3.05) is 13.7 Å². The lowest BCUT2D eigenvalue weighted by molar-refractivity contribution is -0.154. The van der Waals surface area contributed by atoms with E-state index in [2.05, 4.69) is 17.0 Å². The van der Waals surface area contributed by atoms with Crippen LogP contribution in [0.4, 0.5) is 0 Å². The Balaban J connectivity index is 2.31. The van der Waals surface area contributed by atoms with Gasteiger partial charge in [0.15, 0.2) is 0 Å². The Morgan fingerprint density at radius 3 is 2.63 bits per heavy atom. The third-order valence-corrected chi connectivity index (χ3v) is 3.70. The molecule has 0 bridgehead atoms. The standard InChI is InChI=1S/C15H21NO3/c1-11(14(17)18-4)16-13(10-19-15(16,2)3)12-8-6-5-7-9-12/h5-9,11,13H,10H2,1-4H3/t11-,13+/m0/s1. The number of rotatable bonds is 3. The molecule has 0 spiro atoms. The number of nitrogens with zero attached hydrogens (tertiary/aromatic N) is 1. The van der Waals surface area contributed by atoms with Gasteiger partial charge in [-0.1, -0.05) is 30.3 Å². The van der Waals surface area contributed by atoms with E-state index in [1.165, 1.54) is 7.11 Å². The molecule has 104 valence electrons. The maximum absolute atomic E-state index is 11.8.